The van der Waals surface area contributed by atoms with Crippen molar-refractivity contribution in [2.75, 3.05) is 18.4 Å². The van der Waals surface area contributed by atoms with E-state index in [1.165, 1.54) is 11.5 Å². The molecule has 0 radical (unpaired) electrons. The Morgan fingerprint density at radius 2 is 2.40 bits per heavy atom. The van der Waals surface area contributed by atoms with E-state index in [2.05, 4.69) is 32.4 Å². The third-order valence-corrected chi connectivity index (χ3v) is 2.86. The largest absolute Gasteiger partial charge is 0.336 e. The van der Waals surface area contributed by atoms with E-state index in [4.69, 9.17) is 0 Å². The van der Waals surface area contributed by atoms with Crippen LogP contribution in [0.3, 0.4) is 0 Å². The molecule has 15 heavy (non-hydrogen) atoms. The molecule has 84 valence electrons. The Bertz CT molecular complexity index is 292. The van der Waals surface area contributed by atoms with E-state index in [1.807, 2.05) is 4.90 Å². The molecule has 0 aliphatic carbocycles. The van der Waals surface area contributed by atoms with Gasteiger partial charge in [-0.3, -0.25) is 4.79 Å². The van der Waals surface area contributed by atoms with Crippen molar-refractivity contribution in [3.8, 4) is 0 Å². The second-order valence-electron chi connectivity index (χ2n) is 3.12. The second-order valence-corrected chi connectivity index (χ2v) is 4.53. The number of halogens is 1. The van der Waals surface area contributed by atoms with E-state index >= 15 is 0 Å². The van der Waals surface area contributed by atoms with E-state index in [0.717, 1.165) is 31.3 Å². The van der Waals surface area contributed by atoms with Gasteiger partial charge in [0.05, 0.1) is 0 Å². The van der Waals surface area contributed by atoms with Crippen LogP contribution in [0.1, 0.15) is 30.3 Å². The van der Waals surface area contributed by atoms with Crippen LogP contribution in [0.25, 0.3) is 0 Å². The zero-order valence-corrected chi connectivity index (χ0v) is 11.1. The second kappa shape index (κ2) is 6.90. The van der Waals surface area contributed by atoms with Gasteiger partial charge in [-0.05, 0) is 18.0 Å². The molecule has 0 aliphatic heterocycles. The number of rotatable bonds is 6. The fraction of sp³-hybridized carbons (Fsp3) is 0.667. The van der Waals surface area contributed by atoms with Gasteiger partial charge in [0.2, 0.25) is 0 Å². The van der Waals surface area contributed by atoms with Crippen molar-refractivity contribution < 1.29 is 4.79 Å². The van der Waals surface area contributed by atoms with Gasteiger partial charge in [0, 0.05) is 23.8 Å². The number of aromatic nitrogens is 2. The predicted molar refractivity (Wildman–Crippen MR) is 64.5 cm³/mol. The predicted octanol–water partition coefficient (Wildman–Crippen LogP) is 2.18. The first-order chi connectivity index (χ1) is 7.29. The molecule has 0 bridgehead atoms. The fourth-order valence-corrected chi connectivity index (χ4v) is 2.04. The average molecular weight is 292 g/mol. The summed E-state index contributed by atoms with van der Waals surface area (Å²) >= 11 is 4.55. The van der Waals surface area contributed by atoms with Gasteiger partial charge in [-0.25, -0.2) is 0 Å². The SMILES string of the molecule is CCCCN(CCBr)C(=O)c1csnn1. The first kappa shape index (κ1) is 12.6. The number of nitrogens with zero attached hydrogens (tertiary/aromatic N) is 3. The third-order valence-electron chi connectivity index (χ3n) is 2.00. The van der Waals surface area contributed by atoms with E-state index < -0.39 is 0 Å². The standard InChI is InChI=1S/C9H14BrN3OS/c1-2-3-5-13(6-4-10)9(14)8-7-15-12-11-8/h7H,2-6H2,1H3. The fourth-order valence-electron chi connectivity index (χ4n) is 1.19. The van der Waals surface area contributed by atoms with Crippen molar-refractivity contribution in [3.63, 3.8) is 0 Å². The smallest absolute Gasteiger partial charge is 0.275 e. The maximum Gasteiger partial charge on any atom is 0.275 e. The molecule has 0 aliphatic rings. The van der Waals surface area contributed by atoms with Gasteiger partial charge in [0.15, 0.2) is 5.69 Å². The van der Waals surface area contributed by atoms with E-state index in [1.54, 1.807) is 5.38 Å². The number of unbranched alkanes of at least 4 members (excludes halogenated alkanes) is 1. The first-order valence-electron chi connectivity index (χ1n) is 4.92. The Labute approximate surface area is 102 Å². The lowest BCUT2D eigenvalue weighted by atomic mass is 10.3. The van der Waals surface area contributed by atoms with Crippen molar-refractivity contribution in [2.45, 2.75) is 19.8 Å². The Hall–Kier alpha value is -0.490. The maximum atomic E-state index is 11.9. The van der Waals surface area contributed by atoms with E-state index in [0.29, 0.717) is 5.69 Å². The molecule has 1 aromatic heterocycles. The third kappa shape index (κ3) is 3.87. The van der Waals surface area contributed by atoms with Crippen LogP contribution in [0.15, 0.2) is 5.38 Å². The highest BCUT2D eigenvalue weighted by Gasteiger charge is 2.16. The van der Waals surface area contributed by atoms with Crippen LogP contribution in [0.4, 0.5) is 0 Å². The van der Waals surface area contributed by atoms with Crippen molar-refractivity contribution in [1.29, 1.82) is 0 Å². The van der Waals surface area contributed by atoms with Crippen LogP contribution in [-0.4, -0.2) is 38.8 Å². The van der Waals surface area contributed by atoms with Crippen LogP contribution in [0.5, 0.6) is 0 Å². The van der Waals surface area contributed by atoms with Crippen molar-refractivity contribution >= 4 is 33.4 Å². The zero-order chi connectivity index (χ0) is 11.1. The molecule has 0 atom stereocenters. The van der Waals surface area contributed by atoms with Gasteiger partial charge < -0.3 is 4.90 Å². The number of hydrogen-bond donors (Lipinski definition) is 0. The van der Waals surface area contributed by atoms with Crippen LogP contribution in [-0.2, 0) is 0 Å². The van der Waals surface area contributed by atoms with Crippen molar-refractivity contribution in [2.24, 2.45) is 0 Å². The molecule has 4 nitrogen and oxygen atoms in total. The lowest BCUT2D eigenvalue weighted by Crippen LogP contribution is -2.33. The van der Waals surface area contributed by atoms with Gasteiger partial charge in [-0.15, -0.1) is 5.10 Å². The lowest BCUT2D eigenvalue weighted by molar-refractivity contribution is 0.0758. The highest BCUT2D eigenvalue weighted by molar-refractivity contribution is 9.09. The first-order valence-corrected chi connectivity index (χ1v) is 6.87. The highest BCUT2D eigenvalue weighted by atomic mass is 79.9. The minimum Gasteiger partial charge on any atom is -0.336 e. The number of alkyl halides is 1. The summed E-state index contributed by atoms with van der Waals surface area (Å²) in [5, 5.41) is 6.27. The topological polar surface area (TPSA) is 46.1 Å². The summed E-state index contributed by atoms with van der Waals surface area (Å²) in [4.78, 5) is 13.7. The molecule has 1 aromatic rings. The molecule has 0 unspecified atom stereocenters. The van der Waals surface area contributed by atoms with Gasteiger partial charge in [-0.1, -0.05) is 33.8 Å². The summed E-state index contributed by atoms with van der Waals surface area (Å²) in [6.07, 6.45) is 2.11. The molecular formula is C9H14BrN3OS. The molecule has 6 heteroatoms. The quantitative estimate of drug-likeness (QED) is 0.755. The van der Waals surface area contributed by atoms with E-state index in [9.17, 15) is 4.79 Å². The van der Waals surface area contributed by atoms with E-state index in [-0.39, 0.29) is 5.91 Å². The number of amides is 1. The van der Waals surface area contributed by atoms with Crippen LogP contribution < -0.4 is 0 Å². The number of carbonyl (C=O) groups excluding carboxylic acids is 1. The average Bonchev–Trinajstić information content (AvgIpc) is 2.76. The minimum absolute atomic E-state index is 0.0170. The summed E-state index contributed by atoms with van der Waals surface area (Å²) < 4.78 is 3.70. The lowest BCUT2D eigenvalue weighted by Gasteiger charge is -2.20. The molecule has 0 saturated heterocycles. The van der Waals surface area contributed by atoms with Crippen LogP contribution in [0, 0.1) is 0 Å². The number of carbonyl (C=O) groups is 1. The molecular weight excluding hydrogens is 278 g/mol. The maximum absolute atomic E-state index is 11.9. The Balaban J connectivity index is 2.58. The summed E-state index contributed by atoms with van der Waals surface area (Å²) in [6.45, 7) is 3.62. The highest BCUT2D eigenvalue weighted by Crippen LogP contribution is 2.05. The minimum atomic E-state index is -0.0170. The molecule has 0 spiro atoms. The zero-order valence-electron chi connectivity index (χ0n) is 8.65. The molecule has 0 saturated carbocycles. The van der Waals surface area contributed by atoms with Crippen molar-refractivity contribution in [1.82, 2.24) is 14.5 Å². The number of hydrogen-bond acceptors (Lipinski definition) is 4. The molecule has 1 heterocycles. The monoisotopic (exact) mass is 291 g/mol. The van der Waals surface area contributed by atoms with Gasteiger partial charge in [-0.2, -0.15) is 0 Å². The molecule has 1 amide bonds. The Morgan fingerprint density at radius 3 is 2.93 bits per heavy atom. The summed E-state index contributed by atoms with van der Waals surface area (Å²) in [5.41, 5.74) is 0.456. The summed E-state index contributed by atoms with van der Waals surface area (Å²) in [7, 11) is 0. The van der Waals surface area contributed by atoms with Gasteiger partial charge in [0.25, 0.3) is 5.91 Å². The summed E-state index contributed by atoms with van der Waals surface area (Å²) in [6, 6.07) is 0. The molecule has 0 aromatic carbocycles. The summed E-state index contributed by atoms with van der Waals surface area (Å²) in [5.74, 6) is -0.0170. The van der Waals surface area contributed by atoms with Crippen LogP contribution in [0.2, 0.25) is 0 Å². The molecule has 1 rings (SSSR count). The van der Waals surface area contributed by atoms with Crippen molar-refractivity contribution in [3.05, 3.63) is 11.1 Å². The van der Waals surface area contributed by atoms with Gasteiger partial charge >= 0.3 is 0 Å². The molecule has 0 fully saturated rings. The van der Waals surface area contributed by atoms with Crippen LogP contribution >= 0.6 is 27.5 Å². The normalized spacial score (nSPS) is 10.3. The van der Waals surface area contributed by atoms with Gasteiger partial charge in [0.1, 0.15) is 0 Å². The molecule has 0 N–H and O–H groups in total. The Morgan fingerprint density at radius 1 is 1.60 bits per heavy atom. The Kier molecular flexibility index (Phi) is 5.78.